The molecule has 0 unspecified atom stereocenters. The monoisotopic (exact) mass is 528 g/mol. The van der Waals surface area contributed by atoms with E-state index < -0.39 is 56.9 Å². The third kappa shape index (κ3) is 4.44. The summed E-state index contributed by atoms with van der Waals surface area (Å²) < 4.78 is 5.15. The van der Waals surface area contributed by atoms with Gasteiger partial charge < -0.3 is 24.8 Å². The molecule has 0 radical (unpaired) electrons. The molecule has 1 heterocycles. The van der Waals surface area contributed by atoms with Crippen molar-refractivity contribution in [1.29, 1.82) is 0 Å². The molecule has 0 saturated carbocycles. The first-order chi connectivity index (χ1) is 18.3. The van der Waals surface area contributed by atoms with Gasteiger partial charge in [0.15, 0.2) is 0 Å². The molecule has 0 bridgehead atoms. The zero-order valence-electron chi connectivity index (χ0n) is 20.6. The van der Waals surface area contributed by atoms with Crippen LogP contribution >= 0.6 is 0 Å². The third-order valence-electron chi connectivity index (χ3n) is 6.40. The number of carbonyl (C=O) groups is 4. The van der Waals surface area contributed by atoms with E-state index >= 15 is 0 Å². The van der Waals surface area contributed by atoms with Gasteiger partial charge in [-0.25, -0.2) is 24.0 Å². The zero-order chi connectivity index (χ0) is 28.8. The van der Waals surface area contributed by atoms with Crippen molar-refractivity contribution in [3.8, 4) is 0 Å². The molecule has 4 aromatic carbocycles. The van der Waals surface area contributed by atoms with Crippen molar-refractivity contribution in [2.75, 3.05) is 0 Å². The van der Waals surface area contributed by atoms with Gasteiger partial charge >= 0.3 is 29.5 Å². The van der Waals surface area contributed by atoms with Gasteiger partial charge in [0.25, 0.3) is 0 Å². The molecule has 0 spiro atoms. The van der Waals surface area contributed by atoms with Gasteiger partial charge in [0.1, 0.15) is 5.42 Å². The van der Waals surface area contributed by atoms with E-state index in [0.29, 0.717) is 10.8 Å². The van der Waals surface area contributed by atoms with Crippen LogP contribution in [0.3, 0.4) is 0 Å². The number of carboxylic acids is 4. The number of aryl methyl sites for hydroxylation is 2. The van der Waals surface area contributed by atoms with Crippen LogP contribution in [0.25, 0.3) is 38.9 Å². The first-order valence-electron chi connectivity index (χ1n) is 11.3. The summed E-state index contributed by atoms with van der Waals surface area (Å²) in [5.41, 5.74) is 0.536. The number of benzene rings is 4. The molecular weight excluding hydrogens is 508 g/mol. The number of fused-ring (bicyclic) bond motifs is 1. The van der Waals surface area contributed by atoms with Gasteiger partial charge in [-0.15, -0.1) is 0 Å². The van der Waals surface area contributed by atoms with Gasteiger partial charge in [0.2, 0.25) is 0 Å². The van der Waals surface area contributed by atoms with Crippen molar-refractivity contribution < 1.29 is 44.0 Å². The number of hydrogen-bond acceptors (Lipinski definition) is 6. The topological polar surface area (TPSA) is 179 Å². The van der Waals surface area contributed by atoms with Crippen molar-refractivity contribution >= 4 is 62.8 Å². The average molecular weight is 528 g/mol. The Labute approximate surface area is 218 Å². The van der Waals surface area contributed by atoms with E-state index in [1.165, 1.54) is 11.1 Å². The van der Waals surface area contributed by atoms with Crippen LogP contribution in [-0.4, -0.2) is 44.3 Å². The molecule has 5 rings (SSSR count). The minimum atomic E-state index is -1.49. The largest absolute Gasteiger partial charge is 0.478 e. The fraction of sp³-hybridized carbons (Fsp3) is 0.0690. The zero-order valence-corrected chi connectivity index (χ0v) is 20.6. The molecule has 0 fully saturated rings. The van der Waals surface area contributed by atoms with E-state index in [2.05, 4.69) is 20.4 Å². The molecule has 0 amide bonds. The highest BCUT2D eigenvalue weighted by Crippen LogP contribution is 2.31. The van der Waals surface area contributed by atoms with E-state index in [1.54, 1.807) is 0 Å². The third-order valence-corrected chi connectivity index (χ3v) is 6.40. The second kappa shape index (κ2) is 9.75. The Morgan fingerprint density at radius 3 is 1.28 bits per heavy atom. The van der Waals surface area contributed by atoms with Crippen LogP contribution < -0.4 is 11.0 Å². The van der Waals surface area contributed by atoms with Crippen LogP contribution in [0.1, 0.15) is 52.6 Å². The van der Waals surface area contributed by atoms with Crippen LogP contribution in [0.4, 0.5) is 0 Å². The minimum Gasteiger partial charge on any atom is -0.478 e. The Balaban J connectivity index is 0.000000186. The molecule has 196 valence electrons. The fourth-order valence-electron chi connectivity index (χ4n) is 4.70. The van der Waals surface area contributed by atoms with Crippen LogP contribution in [0.5, 0.6) is 0 Å². The van der Waals surface area contributed by atoms with E-state index in [4.69, 9.17) is 24.8 Å². The van der Waals surface area contributed by atoms with E-state index in [9.17, 15) is 24.0 Å². The van der Waals surface area contributed by atoms with Crippen LogP contribution in [0.2, 0.25) is 0 Å². The second-order valence-electron chi connectivity index (χ2n) is 8.71. The minimum absolute atomic E-state index is 0.307. The lowest BCUT2D eigenvalue weighted by Gasteiger charge is -2.11. The molecule has 10 heteroatoms. The van der Waals surface area contributed by atoms with Crippen molar-refractivity contribution in [2.24, 2.45) is 0 Å². The van der Waals surface area contributed by atoms with Crippen molar-refractivity contribution in [2.45, 2.75) is 13.8 Å². The summed E-state index contributed by atoms with van der Waals surface area (Å²) in [5.74, 6) is -5.97. The highest BCUT2D eigenvalue weighted by molar-refractivity contribution is 6.21. The SMILES string of the molecule is C=c1oc(=O)c2ccc(C)c3c(C)ccc1c32.O=C(O)c1ccc(C(=O)O)c2c(C(=O)O)ccc(C(=O)O)c12. The van der Waals surface area contributed by atoms with E-state index in [0.717, 1.165) is 40.4 Å². The van der Waals surface area contributed by atoms with Gasteiger partial charge in [-0.2, -0.15) is 0 Å². The molecule has 4 N–H and O–H groups in total. The summed E-state index contributed by atoms with van der Waals surface area (Å²) in [4.78, 5) is 56.9. The fourth-order valence-corrected chi connectivity index (χ4v) is 4.70. The maximum atomic E-state index is 11.8. The lowest BCUT2D eigenvalue weighted by atomic mass is 9.91. The molecule has 39 heavy (non-hydrogen) atoms. The number of hydrogen-bond donors (Lipinski definition) is 4. The molecule has 0 saturated heterocycles. The summed E-state index contributed by atoms with van der Waals surface area (Å²) >= 11 is 0. The predicted molar refractivity (Wildman–Crippen MR) is 142 cm³/mol. The molecule has 0 atom stereocenters. The predicted octanol–water partition coefficient (Wildman–Crippen LogP) is 4.32. The first kappa shape index (κ1) is 26.6. The standard InChI is InChI=1S/C15H12O2.C14H8O8/c1-8-4-6-11-10(3)17-15(16)12-7-5-9(2)13(8)14(11)12;15-11(16)5-1-2-6(12(17)18)10-8(14(21)22)4-3-7(9(5)10)13(19)20/h4-7H,3H2,1-2H3;1-4H,(H,15,16)(H,17,18)(H,19,20)(H,21,22). The summed E-state index contributed by atoms with van der Waals surface area (Å²) in [5, 5.41) is 39.5. The Hall–Kier alpha value is -5.51. The highest BCUT2D eigenvalue weighted by Gasteiger charge is 2.25. The Morgan fingerprint density at radius 1 is 0.564 bits per heavy atom. The van der Waals surface area contributed by atoms with E-state index in [1.807, 2.05) is 24.3 Å². The summed E-state index contributed by atoms with van der Waals surface area (Å²) in [6, 6.07) is 11.5. The molecular formula is C29H20O10. The summed E-state index contributed by atoms with van der Waals surface area (Å²) in [7, 11) is 0. The second-order valence-corrected chi connectivity index (χ2v) is 8.71. The lowest BCUT2D eigenvalue weighted by molar-refractivity contribution is 0.0675. The number of carboxylic acid groups (broad SMARTS) is 4. The van der Waals surface area contributed by atoms with Crippen LogP contribution in [0.15, 0.2) is 57.7 Å². The van der Waals surface area contributed by atoms with Crippen LogP contribution in [0, 0.1) is 13.8 Å². The summed E-state index contributed by atoms with van der Waals surface area (Å²) in [6.07, 6.45) is 0. The maximum Gasteiger partial charge on any atom is 0.344 e. The van der Waals surface area contributed by atoms with Gasteiger partial charge in [-0.3, -0.25) is 0 Å². The quantitative estimate of drug-likeness (QED) is 0.262. The molecule has 0 aliphatic rings. The van der Waals surface area contributed by atoms with Crippen molar-refractivity contribution in [3.05, 3.63) is 97.7 Å². The van der Waals surface area contributed by atoms with Gasteiger partial charge in [-0.05, 0) is 60.7 Å². The van der Waals surface area contributed by atoms with Gasteiger partial charge in [0, 0.05) is 21.5 Å². The molecule has 1 aromatic heterocycles. The number of rotatable bonds is 4. The van der Waals surface area contributed by atoms with E-state index in [-0.39, 0.29) is 5.63 Å². The Bertz CT molecular complexity index is 1780. The summed E-state index contributed by atoms with van der Waals surface area (Å²) in [6.45, 7) is 7.91. The lowest BCUT2D eigenvalue weighted by Crippen LogP contribution is -2.12. The number of aromatic carboxylic acids is 4. The van der Waals surface area contributed by atoms with Crippen LogP contribution in [-0.2, 0) is 0 Å². The van der Waals surface area contributed by atoms with Gasteiger partial charge in [0.05, 0.1) is 27.6 Å². The van der Waals surface area contributed by atoms with Crippen molar-refractivity contribution in [3.63, 3.8) is 0 Å². The van der Waals surface area contributed by atoms with Gasteiger partial charge in [-0.1, -0.05) is 24.8 Å². The Morgan fingerprint density at radius 2 is 0.923 bits per heavy atom. The molecule has 0 aliphatic heterocycles. The molecule has 10 nitrogen and oxygen atoms in total. The normalized spacial score (nSPS) is 10.8. The van der Waals surface area contributed by atoms with Crippen molar-refractivity contribution in [1.82, 2.24) is 0 Å². The molecule has 5 aromatic rings. The first-order valence-corrected chi connectivity index (χ1v) is 11.3. The highest BCUT2D eigenvalue weighted by atomic mass is 16.4. The molecule has 0 aliphatic carbocycles. The smallest absolute Gasteiger partial charge is 0.344 e. The maximum absolute atomic E-state index is 11.8. The average Bonchev–Trinajstić information content (AvgIpc) is 2.86. The Kier molecular flexibility index (Phi) is 6.64.